The average Bonchev–Trinajstić information content (AvgIpc) is 3.33. The molecule has 8 heteroatoms. The van der Waals surface area contributed by atoms with Crippen molar-refractivity contribution >= 4 is 38.4 Å². The molecule has 3 aliphatic rings. The van der Waals surface area contributed by atoms with Gasteiger partial charge in [0.1, 0.15) is 0 Å². The molecule has 0 spiro atoms. The van der Waals surface area contributed by atoms with E-state index in [1.807, 2.05) is 0 Å². The summed E-state index contributed by atoms with van der Waals surface area (Å²) in [4.78, 5) is 11.4. The van der Waals surface area contributed by atoms with Gasteiger partial charge in [0.15, 0.2) is 0 Å². The van der Waals surface area contributed by atoms with E-state index in [0.717, 1.165) is 78.2 Å². The van der Waals surface area contributed by atoms with Crippen LogP contribution in [0.15, 0.2) is 22.6 Å². The van der Waals surface area contributed by atoms with Gasteiger partial charge in [0.2, 0.25) is 0 Å². The SMILES string of the molecule is FC=C1CCN(CC2(COc3ncc4c5c(c(Br)c(Cl)c4n3)COC5)CC2)CC1. The Labute approximate surface area is 182 Å². The minimum Gasteiger partial charge on any atom is -0.463 e. The number of piperidine rings is 1. The number of nitrogens with zero attached hydrogens (tertiary/aromatic N) is 3. The molecule has 1 aromatic heterocycles. The first-order valence-electron chi connectivity index (χ1n) is 9.95. The van der Waals surface area contributed by atoms with Gasteiger partial charge in [-0.15, -0.1) is 0 Å². The summed E-state index contributed by atoms with van der Waals surface area (Å²) in [6, 6.07) is 0.359. The van der Waals surface area contributed by atoms with Gasteiger partial charge in [0.05, 0.1) is 36.7 Å². The van der Waals surface area contributed by atoms with Gasteiger partial charge in [-0.25, -0.2) is 9.37 Å². The summed E-state index contributed by atoms with van der Waals surface area (Å²) in [6.45, 7) is 4.50. The molecule has 0 unspecified atom stereocenters. The van der Waals surface area contributed by atoms with Crippen molar-refractivity contribution in [1.29, 1.82) is 0 Å². The maximum absolute atomic E-state index is 12.7. The number of fused-ring (bicyclic) bond motifs is 3. The Morgan fingerprint density at radius 1 is 1.28 bits per heavy atom. The second-order valence-electron chi connectivity index (χ2n) is 8.32. The van der Waals surface area contributed by atoms with Crippen LogP contribution in [0.4, 0.5) is 4.39 Å². The number of hydrogen-bond donors (Lipinski definition) is 0. The summed E-state index contributed by atoms with van der Waals surface area (Å²) >= 11 is 10.1. The Morgan fingerprint density at radius 3 is 2.76 bits per heavy atom. The largest absolute Gasteiger partial charge is 0.463 e. The van der Waals surface area contributed by atoms with Crippen molar-refractivity contribution in [2.45, 2.75) is 38.9 Å². The summed E-state index contributed by atoms with van der Waals surface area (Å²) in [5.41, 5.74) is 3.94. The number of likely N-dealkylation sites (tertiary alicyclic amines) is 1. The molecule has 0 radical (unpaired) electrons. The van der Waals surface area contributed by atoms with Crippen molar-refractivity contribution in [3.05, 3.63) is 38.7 Å². The van der Waals surface area contributed by atoms with Crippen LogP contribution in [0.3, 0.4) is 0 Å². The molecule has 2 fully saturated rings. The van der Waals surface area contributed by atoms with E-state index in [0.29, 0.717) is 36.4 Å². The molecule has 0 N–H and O–H groups in total. The third-order valence-electron chi connectivity index (χ3n) is 6.29. The standard InChI is InChI=1S/C21H22BrClFN3O2/c22-17-16-10-28-9-15(16)14-8-25-20(26-19(14)18(17)23)29-12-21(3-4-21)11-27-5-1-13(7-24)2-6-27/h7-8H,1-6,9-12H2. The van der Waals surface area contributed by atoms with Crippen LogP contribution in [-0.2, 0) is 18.0 Å². The molecule has 0 bridgehead atoms. The van der Waals surface area contributed by atoms with E-state index in [1.54, 1.807) is 6.20 Å². The molecule has 2 aromatic rings. The summed E-state index contributed by atoms with van der Waals surface area (Å²) in [5.74, 6) is 0. The zero-order chi connectivity index (χ0) is 20.0. The molecule has 29 heavy (non-hydrogen) atoms. The number of halogens is 3. The second-order valence-corrected chi connectivity index (χ2v) is 9.50. The third-order valence-corrected chi connectivity index (χ3v) is 7.76. The van der Waals surface area contributed by atoms with Crippen LogP contribution in [0, 0.1) is 5.41 Å². The number of aromatic nitrogens is 2. The minimum atomic E-state index is 0.158. The lowest BCUT2D eigenvalue weighted by Gasteiger charge is -2.31. The second kappa shape index (κ2) is 7.76. The molecule has 1 aromatic carbocycles. The first kappa shape index (κ1) is 19.7. The van der Waals surface area contributed by atoms with Gasteiger partial charge in [0.25, 0.3) is 0 Å². The summed E-state index contributed by atoms with van der Waals surface area (Å²) in [7, 11) is 0. The van der Waals surface area contributed by atoms with Crippen LogP contribution in [0.25, 0.3) is 10.9 Å². The number of ether oxygens (including phenoxy) is 2. The quantitative estimate of drug-likeness (QED) is 0.587. The highest BCUT2D eigenvalue weighted by molar-refractivity contribution is 9.10. The fraction of sp³-hybridized carbons (Fsp3) is 0.524. The van der Waals surface area contributed by atoms with Crippen molar-refractivity contribution in [1.82, 2.24) is 14.9 Å². The molecule has 1 saturated heterocycles. The van der Waals surface area contributed by atoms with Gasteiger partial charge in [-0.2, -0.15) is 4.98 Å². The van der Waals surface area contributed by atoms with E-state index in [-0.39, 0.29) is 5.41 Å². The van der Waals surface area contributed by atoms with Gasteiger partial charge in [-0.1, -0.05) is 11.6 Å². The molecular weight excluding hydrogens is 461 g/mol. The Kier molecular flexibility index (Phi) is 5.26. The molecule has 3 heterocycles. The van der Waals surface area contributed by atoms with Crippen LogP contribution < -0.4 is 4.74 Å². The molecule has 154 valence electrons. The average molecular weight is 483 g/mol. The fourth-order valence-corrected chi connectivity index (χ4v) is 5.05. The van der Waals surface area contributed by atoms with E-state index in [1.165, 1.54) is 0 Å². The van der Waals surface area contributed by atoms with Crippen LogP contribution in [0.5, 0.6) is 6.01 Å². The van der Waals surface area contributed by atoms with E-state index in [4.69, 9.17) is 21.1 Å². The molecule has 0 atom stereocenters. The smallest absolute Gasteiger partial charge is 0.316 e. The van der Waals surface area contributed by atoms with Crippen molar-refractivity contribution in [2.24, 2.45) is 5.41 Å². The van der Waals surface area contributed by atoms with Crippen LogP contribution >= 0.6 is 27.5 Å². The van der Waals surface area contributed by atoms with E-state index in [9.17, 15) is 4.39 Å². The van der Waals surface area contributed by atoms with E-state index >= 15 is 0 Å². The van der Waals surface area contributed by atoms with E-state index < -0.39 is 0 Å². The first-order chi connectivity index (χ1) is 14.1. The van der Waals surface area contributed by atoms with Gasteiger partial charge in [0, 0.05) is 41.1 Å². The normalized spacial score (nSPS) is 20.7. The molecular formula is C21H22BrClFN3O2. The van der Waals surface area contributed by atoms with Crippen molar-refractivity contribution in [3.63, 3.8) is 0 Å². The number of hydrogen-bond acceptors (Lipinski definition) is 5. The molecule has 1 saturated carbocycles. The number of rotatable bonds is 5. The third kappa shape index (κ3) is 3.78. The molecule has 0 amide bonds. The Hall–Kier alpha value is -1.28. The van der Waals surface area contributed by atoms with Gasteiger partial charge < -0.3 is 14.4 Å². The summed E-state index contributed by atoms with van der Waals surface area (Å²) in [5, 5.41) is 1.49. The molecule has 5 nitrogen and oxygen atoms in total. The predicted octanol–water partition coefficient (Wildman–Crippen LogP) is 5.18. The van der Waals surface area contributed by atoms with Crippen LogP contribution in [0.1, 0.15) is 36.8 Å². The van der Waals surface area contributed by atoms with Crippen LogP contribution in [-0.4, -0.2) is 41.1 Å². The monoisotopic (exact) mass is 481 g/mol. The Bertz CT molecular complexity index is 986. The minimum absolute atomic E-state index is 0.158. The molecule has 5 rings (SSSR count). The van der Waals surface area contributed by atoms with Gasteiger partial charge >= 0.3 is 6.01 Å². The lowest BCUT2D eigenvalue weighted by Crippen LogP contribution is -2.37. The lowest BCUT2D eigenvalue weighted by molar-refractivity contribution is 0.134. The van der Waals surface area contributed by atoms with E-state index in [2.05, 4.69) is 30.8 Å². The van der Waals surface area contributed by atoms with Crippen LogP contribution in [0.2, 0.25) is 5.02 Å². The first-order valence-corrected chi connectivity index (χ1v) is 11.1. The van der Waals surface area contributed by atoms with Crippen molar-refractivity contribution in [3.8, 4) is 6.01 Å². The van der Waals surface area contributed by atoms with Crippen molar-refractivity contribution < 1.29 is 13.9 Å². The topological polar surface area (TPSA) is 47.5 Å². The van der Waals surface area contributed by atoms with Gasteiger partial charge in [-0.05, 0) is 58.3 Å². The number of benzene rings is 1. The molecule has 1 aliphatic carbocycles. The summed E-state index contributed by atoms with van der Waals surface area (Å²) < 4.78 is 25.1. The fourth-order valence-electron chi connectivity index (χ4n) is 4.25. The maximum Gasteiger partial charge on any atom is 0.316 e. The molecule has 2 aliphatic heterocycles. The zero-order valence-corrected chi connectivity index (χ0v) is 18.4. The summed E-state index contributed by atoms with van der Waals surface area (Å²) in [6.07, 6.45) is 6.49. The highest BCUT2D eigenvalue weighted by atomic mass is 79.9. The van der Waals surface area contributed by atoms with Gasteiger partial charge in [-0.3, -0.25) is 0 Å². The highest BCUT2D eigenvalue weighted by Gasteiger charge is 2.45. The zero-order valence-electron chi connectivity index (χ0n) is 16.0. The Morgan fingerprint density at radius 2 is 2.03 bits per heavy atom. The Balaban J connectivity index is 1.29. The predicted molar refractivity (Wildman–Crippen MR) is 113 cm³/mol. The lowest BCUT2D eigenvalue weighted by atomic mass is 10.0. The highest BCUT2D eigenvalue weighted by Crippen LogP contribution is 2.47. The van der Waals surface area contributed by atoms with Crippen molar-refractivity contribution in [2.75, 3.05) is 26.2 Å². The maximum atomic E-state index is 12.7.